The van der Waals surface area contributed by atoms with Crippen LogP contribution in [0.25, 0.3) is 22.3 Å². The zero-order valence-corrected chi connectivity index (χ0v) is 10.9. The molecule has 0 aliphatic carbocycles. The number of fused-ring (bicyclic) bond motifs is 1. The van der Waals surface area contributed by atoms with Gasteiger partial charge in [-0.1, -0.05) is 41.9 Å². The number of nitro benzene ring substituents is 1. The van der Waals surface area contributed by atoms with E-state index < -0.39 is 4.92 Å². The molecule has 0 spiro atoms. The first-order chi connectivity index (χ1) is 9.65. The predicted octanol–water partition coefficient (Wildman–Crippen LogP) is 3.86. The van der Waals surface area contributed by atoms with E-state index in [1.807, 2.05) is 30.3 Å². The van der Waals surface area contributed by atoms with E-state index in [2.05, 4.69) is 9.97 Å². The van der Waals surface area contributed by atoms with Crippen molar-refractivity contribution in [3.8, 4) is 11.3 Å². The SMILES string of the molecule is O=[N+]([O-])c1ccc2nc(Cl)c(-c3ccccc3)nc2c1. The monoisotopic (exact) mass is 285 g/mol. The van der Waals surface area contributed by atoms with E-state index in [-0.39, 0.29) is 10.8 Å². The Hall–Kier alpha value is -2.53. The van der Waals surface area contributed by atoms with Crippen LogP contribution in [-0.2, 0) is 0 Å². The number of aromatic nitrogens is 2. The number of nitrogens with zero attached hydrogens (tertiary/aromatic N) is 3. The van der Waals surface area contributed by atoms with Crippen molar-refractivity contribution in [2.45, 2.75) is 0 Å². The summed E-state index contributed by atoms with van der Waals surface area (Å²) in [4.78, 5) is 19.0. The van der Waals surface area contributed by atoms with Crippen molar-refractivity contribution < 1.29 is 4.92 Å². The van der Waals surface area contributed by atoms with Gasteiger partial charge in [-0.25, -0.2) is 9.97 Å². The van der Waals surface area contributed by atoms with Crippen molar-refractivity contribution in [2.24, 2.45) is 0 Å². The van der Waals surface area contributed by atoms with Gasteiger partial charge in [0.15, 0.2) is 5.15 Å². The molecule has 0 bridgehead atoms. The second-order valence-corrected chi connectivity index (χ2v) is 4.52. The molecular formula is C14H8ClN3O2. The first-order valence-corrected chi connectivity index (χ1v) is 6.20. The molecule has 5 nitrogen and oxygen atoms in total. The van der Waals surface area contributed by atoms with Crippen molar-refractivity contribution in [1.82, 2.24) is 9.97 Å². The van der Waals surface area contributed by atoms with Gasteiger partial charge < -0.3 is 0 Å². The molecule has 0 aliphatic rings. The van der Waals surface area contributed by atoms with Gasteiger partial charge in [-0.3, -0.25) is 10.1 Å². The van der Waals surface area contributed by atoms with Crippen molar-refractivity contribution in [1.29, 1.82) is 0 Å². The van der Waals surface area contributed by atoms with Crippen molar-refractivity contribution >= 4 is 28.3 Å². The molecular weight excluding hydrogens is 278 g/mol. The van der Waals surface area contributed by atoms with Crippen LogP contribution in [0.4, 0.5) is 5.69 Å². The number of nitro groups is 1. The molecule has 0 radical (unpaired) electrons. The van der Waals surface area contributed by atoms with Gasteiger partial charge in [-0.2, -0.15) is 0 Å². The van der Waals surface area contributed by atoms with E-state index in [1.165, 1.54) is 12.1 Å². The summed E-state index contributed by atoms with van der Waals surface area (Å²) in [5.41, 5.74) is 2.29. The maximum atomic E-state index is 10.8. The van der Waals surface area contributed by atoms with Crippen molar-refractivity contribution in [2.75, 3.05) is 0 Å². The van der Waals surface area contributed by atoms with E-state index in [0.717, 1.165) is 5.56 Å². The van der Waals surface area contributed by atoms with Crippen LogP contribution < -0.4 is 0 Å². The summed E-state index contributed by atoms with van der Waals surface area (Å²) in [6.45, 7) is 0. The lowest BCUT2D eigenvalue weighted by Crippen LogP contribution is -1.93. The Kier molecular flexibility index (Phi) is 3.04. The van der Waals surface area contributed by atoms with Crippen LogP contribution in [-0.4, -0.2) is 14.9 Å². The Bertz CT molecular complexity index is 806. The minimum Gasteiger partial charge on any atom is -0.258 e. The molecule has 0 unspecified atom stereocenters. The van der Waals surface area contributed by atoms with Crippen LogP contribution in [0.3, 0.4) is 0 Å². The number of hydrogen-bond donors (Lipinski definition) is 0. The average molecular weight is 286 g/mol. The normalized spacial score (nSPS) is 10.7. The first kappa shape index (κ1) is 12.5. The third-order valence-corrected chi connectivity index (χ3v) is 3.13. The topological polar surface area (TPSA) is 68.9 Å². The lowest BCUT2D eigenvalue weighted by atomic mass is 10.1. The lowest BCUT2D eigenvalue weighted by molar-refractivity contribution is -0.384. The highest BCUT2D eigenvalue weighted by molar-refractivity contribution is 6.32. The number of halogens is 1. The second-order valence-electron chi connectivity index (χ2n) is 4.16. The smallest absolute Gasteiger partial charge is 0.258 e. The van der Waals surface area contributed by atoms with Crippen LogP contribution >= 0.6 is 11.6 Å². The average Bonchev–Trinajstić information content (AvgIpc) is 2.47. The van der Waals surface area contributed by atoms with Gasteiger partial charge in [0, 0.05) is 17.7 Å². The molecule has 2 aromatic carbocycles. The summed E-state index contributed by atoms with van der Waals surface area (Å²) < 4.78 is 0. The van der Waals surface area contributed by atoms with Gasteiger partial charge in [0.25, 0.3) is 5.69 Å². The fourth-order valence-electron chi connectivity index (χ4n) is 1.91. The fourth-order valence-corrected chi connectivity index (χ4v) is 2.16. The molecule has 0 fully saturated rings. The number of hydrogen-bond acceptors (Lipinski definition) is 4. The van der Waals surface area contributed by atoms with E-state index in [9.17, 15) is 10.1 Å². The summed E-state index contributed by atoms with van der Waals surface area (Å²) in [5, 5.41) is 11.1. The fraction of sp³-hybridized carbons (Fsp3) is 0. The van der Waals surface area contributed by atoms with Crippen LogP contribution in [0, 0.1) is 10.1 Å². The third kappa shape index (κ3) is 2.19. The van der Waals surface area contributed by atoms with Crippen molar-refractivity contribution in [3.63, 3.8) is 0 Å². The summed E-state index contributed by atoms with van der Waals surface area (Å²) >= 11 is 6.13. The van der Waals surface area contributed by atoms with Crippen LogP contribution in [0.1, 0.15) is 0 Å². The zero-order valence-electron chi connectivity index (χ0n) is 10.2. The molecule has 20 heavy (non-hydrogen) atoms. The van der Waals surface area contributed by atoms with Gasteiger partial charge in [0.05, 0.1) is 16.0 Å². The molecule has 3 aromatic rings. The number of rotatable bonds is 2. The Balaban J connectivity index is 2.23. The van der Waals surface area contributed by atoms with E-state index in [4.69, 9.17) is 11.6 Å². The molecule has 0 aliphatic heterocycles. The molecule has 1 heterocycles. The van der Waals surface area contributed by atoms with Gasteiger partial charge >= 0.3 is 0 Å². The third-order valence-electron chi connectivity index (χ3n) is 2.86. The predicted molar refractivity (Wildman–Crippen MR) is 76.6 cm³/mol. The van der Waals surface area contributed by atoms with Gasteiger partial charge in [-0.15, -0.1) is 0 Å². The van der Waals surface area contributed by atoms with E-state index in [1.54, 1.807) is 6.07 Å². The number of benzene rings is 2. The molecule has 0 saturated carbocycles. The zero-order chi connectivity index (χ0) is 14.1. The molecule has 98 valence electrons. The Labute approximate surface area is 119 Å². The second kappa shape index (κ2) is 4.86. The standard InChI is InChI=1S/C14H8ClN3O2/c15-14-13(9-4-2-1-3-5-9)16-12-8-10(18(19)20)6-7-11(12)17-14/h1-8H. The highest BCUT2D eigenvalue weighted by Crippen LogP contribution is 2.27. The maximum Gasteiger partial charge on any atom is 0.271 e. The largest absolute Gasteiger partial charge is 0.271 e. The maximum absolute atomic E-state index is 10.8. The Morgan fingerprint density at radius 3 is 2.45 bits per heavy atom. The van der Waals surface area contributed by atoms with E-state index in [0.29, 0.717) is 16.7 Å². The van der Waals surface area contributed by atoms with Crippen LogP contribution in [0.15, 0.2) is 48.5 Å². The molecule has 6 heteroatoms. The molecule has 0 N–H and O–H groups in total. The minimum absolute atomic E-state index is 0.0202. The lowest BCUT2D eigenvalue weighted by Gasteiger charge is -2.05. The van der Waals surface area contributed by atoms with Gasteiger partial charge in [-0.05, 0) is 6.07 Å². The molecule has 0 atom stereocenters. The minimum atomic E-state index is -0.460. The first-order valence-electron chi connectivity index (χ1n) is 5.82. The molecule has 0 saturated heterocycles. The Morgan fingerprint density at radius 1 is 1.00 bits per heavy atom. The summed E-state index contributed by atoms with van der Waals surface area (Å²) in [5.74, 6) is 0. The molecule has 0 amide bonds. The summed E-state index contributed by atoms with van der Waals surface area (Å²) in [6.07, 6.45) is 0. The molecule has 3 rings (SSSR count). The van der Waals surface area contributed by atoms with Crippen LogP contribution in [0.5, 0.6) is 0 Å². The Morgan fingerprint density at radius 2 is 1.75 bits per heavy atom. The highest BCUT2D eigenvalue weighted by atomic mass is 35.5. The van der Waals surface area contributed by atoms with E-state index >= 15 is 0 Å². The highest BCUT2D eigenvalue weighted by Gasteiger charge is 2.12. The quantitative estimate of drug-likeness (QED) is 0.529. The van der Waals surface area contributed by atoms with Crippen molar-refractivity contribution in [3.05, 3.63) is 63.8 Å². The summed E-state index contributed by atoms with van der Waals surface area (Å²) in [7, 11) is 0. The van der Waals surface area contributed by atoms with Gasteiger partial charge in [0.2, 0.25) is 0 Å². The number of non-ortho nitro benzene ring substituents is 1. The summed E-state index contributed by atoms with van der Waals surface area (Å²) in [6, 6.07) is 13.7. The molecule has 1 aromatic heterocycles. The van der Waals surface area contributed by atoms with Gasteiger partial charge in [0.1, 0.15) is 5.69 Å². The van der Waals surface area contributed by atoms with Crippen LogP contribution in [0.2, 0.25) is 5.15 Å².